The molecule has 0 aliphatic carbocycles. The zero-order chi connectivity index (χ0) is 13.8. The van der Waals surface area contributed by atoms with Crippen LogP contribution in [-0.4, -0.2) is 18.0 Å². The molecule has 0 unspecified atom stereocenters. The third-order valence-corrected chi connectivity index (χ3v) is 4.05. The summed E-state index contributed by atoms with van der Waals surface area (Å²) < 4.78 is 0.979. The second-order valence-corrected chi connectivity index (χ2v) is 5.52. The van der Waals surface area contributed by atoms with Gasteiger partial charge in [0.05, 0.1) is 5.54 Å². The summed E-state index contributed by atoms with van der Waals surface area (Å²) in [6, 6.07) is 5.65. The highest BCUT2D eigenvalue weighted by molar-refractivity contribution is 9.10. The van der Waals surface area contributed by atoms with Crippen molar-refractivity contribution in [1.82, 2.24) is 5.32 Å². The summed E-state index contributed by atoms with van der Waals surface area (Å²) in [5, 5.41) is 3.08. The van der Waals surface area contributed by atoms with Crippen LogP contribution in [0.5, 0.6) is 0 Å². The van der Waals surface area contributed by atoms with E-state index < -0.39 is 0 Å². The summed E-state index contributed by atoms with van der Waals surface area (Å²) in [7, 11) is 0. The Morgan fingerprint density at radius 3 is 2.37 bits per heavy atom. The van der Waals surface area contributed by atoms with Crippen LogP contribution in [0.15, 0.2) is 22.7 Å². The van der Waals surface area contributed by atoms with E-state index in [0.29, 0.717) is 12.1 Å². The molecule has 0 aliphatic rings. The largest absolute Gasteiger partial charge is 0.345 e. The highest BCUT2D eigenvalue weighted by atomic mass is 79.9. The molecule has 1 rings (SSSR count). The van der Waals surface area contributed by atoms with Gasteiger partial charge >= 0.3 is 0 Å². The molecule has 0 radical (unpaired) electrons. The lowest BCUT2D eigenvalue weighted by atomic mass is 9.92. The standard InChI is InChI=1S/C14H21BrN2O.ClH/c1-4-14(5-2,9-16)17-13(18)12-7-6-11(15)8-10(12)3;/h6-8H,4-5,9,16H2,1-3H3,(H,17,18);1H. The van der Waals surface area contributed by atoms with Crippen LogP contribution in [0, 0.1) is 6.92 Å². The number of amides is 1. The Kier molecular flexibility index (Phi) is 7.64. The van der Waals surface area contributed by atoms with Gasteiger partial charge in [0.15, 0.2) is 0 Å². The zero-order valence-corrected chi connectivity index (χ0v) is 14.0. The van der Waals surface area contributed by atoms with Gasteiger partial charge in [-0.05, 0) is 43.5 Å². The van der Waals surface area contributed by atoms with Crippen LogP contribution in [0.1, 0.15) is 42.6 Å². The molecule has 0 saturated carbocycles. The number of carbonyl (C=O) groups is 1. The van der Waals surface area contributed by atoms with E-state index in [1.807, 2.05) is 39.0 Å². The summed E-state index contributed by atoms with van der Waals surface area (Å²) in [6.45, 7) is 6.49. The first kappa shape index (κ1) is 18.4. The smallest absolute Gasteiger partial charge is 0.252 e. The predicted molar refractivity (Wildman–Crippen MR) is 86.0 cm³/mol. The lowest BCUT2D eigenvalue weighted by molar-refractivity contribution is 0.0894. The first-order chi connectivity index (χ1) is 8.48. The third kappa shape index (κ3) is 4.48. The first-order valence-corrected chi connectivity index (χ1v) is 7.06. The SMILES string of the molecule is CCC(CC)(CN)NC(=O)c1ccc(Br)cc1C.Cl. The summed E-state index contributed by atoms with van der Waals surface area (Å²) in [5.74, 6) is -0.0471. The minimum atomic E-state index is -0.295. The van der Waals surface area contributed by atoms with Crippen molar-refractivity contribution in [3.63, 3.8) is 0 Å². The van der Waals surface area contributed by atoms with Crippen LogP contribution in [0.2, 0.25) is 0 Å². The summed E-state index contributed by atoms with van der Waals surface area (Å²) in [4.78, 5) is 12.3. The molecule has 0 atom stereocenters. The van der Waals surface area contributed by atoms with Crippen molar-refractivity contribution < 1.29 is 4.79 Å². The van der Waals surface area contributed by atoms with Crippen molar-refractivity contribution in [3.05, 3.63) is 33.8 Å². The fourth-order valence-electron chi connectivity index (χ4n) is 1.96. The molecule has 0 fully saturated rings. The maximum atomic E-state index is 12.3. The number of nitrogens with two attached hydrogens (primary N) is 1. The van der Waals surface area contributed by atoms with E-state index in [9.17, 15) is 4.79 Å². The maximum Gasteiger partial charge on any atom is 0.252 e. The van der Waals surface area contributed by atoms with E-state index in [-0.39, 0.29) is 23.9 Å². The maximum absolute atomic E-state index is 12.3. The molecule has 3 N–H and O–H groups in total. The van der Waals surface area contributed by atoms with Gasteiger partial charge in [-0.25, -0.2) is 0 Å². The molecule has 0 bridgehead atoms. The first-order valence-electron chi connectivity index (χ1n) is 6.26. The number of hydrogen-bond donors (Lipinski definition) is 2. The lowest BCUT2D eigenvalue weighted by Gasteiger charge is -2.31. The van der Waals surface area contributed by atoms with Gasteiger partial charge in [-0.15, -0.1) is 12.4 Å². The van der Waals surface area contributed by atoms with Crippen molar-refractivity contribution in [3.8, 4) is 0 Å². The minimum absolute atomic E-state index is 0. The minimum Gasteiger partial charge on any atom is -0.345 e. The molecule has 1 aromatic carbocycles. The molecule has 0 aromatic heterocycles. The van der Waals surface area contributed by atoms with E-state index in [4.69, 9.17) is 5.73 Å². The fourth-order valence-corrected chi connectivity index (χ4v) is 2.43. The highest BCUT2D eigenvalue weighted by Gasteiger charge is 2.27. The van der Waals surface area contributed by atoms with Gasteiger partial charge in [-0.2, -0.15) is 0 Å². The van der Waals surface area contributed by atoms with Gasteiger partial charge in [0.25, 0.3) is 5.91 Å². The number of halogens is 2. The highest BCUT2D eigenvalue weighted by Crippen LogP contribution is 2.18. The van der Waals surface area contributed by atoms with Crippen LogP contribution in [0.25, 0.3) is 0 Å². The number of carbonyl (C=O) groups excluding carboxylic acids is 1. The van der Waals surface area contributed by atoms with E-state index in [0.717, 1.165) is 22.9 Å². The van der Waals surface area contributed by atoms with E-state index in [1.54, 1.807) is 0 Å². The van der Waals surface area contributed by atoms with Gasteiger partial charge in [-0.1, -0.05) is 29.8 Å². The normalized spacial score (nSPS) is 10.8. The zero-order valence-electron chi connectivity index (χ0n) is 11.6. The Balaban J connectivity index is 0.00000324. The Morgan fingerprint density at radius 1 is 1.37 bits per heavy atom. The van der Waals surface area contributed by atoms with Gasteiger partial charge < -0.3 is 11.1 Å². The monoisotopic (exact) mass is 348 g/mol. The molecule has 0 aliphatic heterocycles. The Bertz CT molecular complexity index is 425. The van der Waals surface area contributed by atoms with Gasteiger partial charge in [0.1, 0.15) is 0 Å². The van der Waals surface area contributed by atoms with E-state index >= 15 is 0 Å². The molecule has 0 saturated heterocycles. The number of aryl methyl sites for hydroxylation is 1. The lowest BCUT2D eigenvalue weighted by Crippen LogP contribution is -2.53. The summed E-state index contributed by atoms with van der Waals surface area (Å²) >= 11 is 3.40. The number of rotatable bonds is 5. The van der Waals surface area contributed by atoms with Crippen molar-refractivity contribution in [2.45, 2.75) is 39.2 Å². The van der Waals surface area contributed by atoms with Gasteiger partial charge in [-0.3, -0.25) is 4.79 Å². The molecule has 19 heavy (non-hydrogen) atoms. The molecular weight excluding hydrogens is 328 g/mol. The second-order valence-electron chi connectivity index (χ2n) is 4.60. The van der Waals surface area contributed by atoms with Crippen LogP contribution >= 0.6 is 28.3 Å². The van der Waals surface area contributed by atoms with Gasteiger partial charge in [0, 0.05) is 16.6 Å². The van der Waals surface area contributed by atoms with Crippen molar-refractivity contribution in [2.24, 2.45) is 5.73 Å². The van der Waals surface area contributed by atoms with Crippen molar-refractivity contribution in [2.75, 3.05) is 6.54 Å². The average Bonchev–Trinajstić information content (AvgIpc) is 2.36. The quantitative estimate of drug-likeness (QED) is 0.855. The average molecular weight is 350 g/mol. The van der Waals surface area contributed by atoms with Crippen LogP contribution < -0.4 is 11.1 Å². The van der Waals surface area contributed by atoms with E-state index in [1.165, 1.54) is 0 Å². The Labute approximate surface area is 129 Å². The van der Waals surface area contributed by atoms with Crippen molar-refractivity contribution in [1.29, 1.82) is 0 Å². The topological polar surface area (TPSA) is 55.1 Å². The molecule has 1 aromatic rings. The number of benzene rings is 1. The van der Waals surface area contributed by atoms with Crippen molar-refractivity contribution >= 4 is 34.2 Å². The Hall–Kier alpha value is -0.580. The predicted octanol–water partition coefficient (Wildman–Crippen LogP) is 3.43. The molecule has 0 spiro atoms. The molecule has 108 valence electrons. The molecule has 0 heterocycles. The molecular formula is C14H22BrClN2O. The van der Waals surface area contributed by atoms with Crippen LogP contribution in [-0.2, 0) is 0 Å². The summed E-state index contributed by atoms with van der Waals surface area (Å²) in [6.07, 6.45) is 1.67. The second kappa shape index (κ2) is 7.88. The molecule has 1 amide bonds. The Morgan fingerprint density at radius 2 is 1.95 bits per heavy atom. The number of hydrogen-bond acceptors (Lipinski definition) is 2. The molecule has 5 heteroatoms. The van der Waals surface area contributed by atoms with Gasteiger partial charge in [0.2, 0.25) is 0 Å². The number of nitrogens with one attached hydrogen (secondary N) is 1. The fraction of sp³-hybridized carbons (Fsp3) is 0.500. The molecule has 3 nitrogen and oxygen atoms in total. The van der Waals surface area contributed by atoms with Crippen LogP contribution in [0.4, 0.5) is 0 Å². The van der Waals surface area contributed by atoms with E-state index in [2.05, 4.69) is 21.2 Å². The summed E-state index contributed by atoms with van der Waals surface area (Å²) in [5.41, 5.74) is 7.16. The van der Waals surface area contributed by atoms with Crippen LogP contribution in [0.3, 0.4) is 0 Å². The third-order valence-electron chi connectivity index (χ3n) is 3.56.